The molecule has 0 aromatic heterocycles. The minimum atomic E-state index is -2.92. The Morgan fingerprint density at radius 3 is 2.69 bits per heavy atom. The normalized spacial score (nSPS) is 16.9. The maximum Gasteiger partial charge on any atom is 0.387 e. The number of carbonyl (C=O) groups is 1. The Bertz CT molecular complexity index is 835. The Morgan fingerprint density at radius 2 is 2.00 bits per heavy atom. The smallest absolute Gasteiger partial charge is 0.387 e. The van der Waals surface area contributed by atoms with E-state index in [4.69, 9.17) is 21.1 Å². The number of alkyl halides is 2. The zero-order valence-electron chi connectivity index (χ0n) is 15.3. The van der Waals surface area contributed by atoms with Crippen molar-refractivity contribution >= 4 is 17.5 Å². The molecular weight excluding hydrogens is 411 g/mol. The summed E-state index contributed by atoms with van der Waals surface area (Å²) < 4.78 is 53.0. The first-order valence-corrected chi connectivity index (χ1v) is 9.27. The van der Waals surface area contributed by atoms with Gasteiger partial charge in [0.2, 0.25) is 0 Å². The molecule has 2 aromatic carbocycles. The summed E-state index contributed by atoms with van der Waals surface area (Å²) in [6.45, 7) is -1.40. The predicted molar refractivity (Wildman–Crippen MR) is 99.8 cm³/mol. The van der Waals surface area contributed by atoms with Crippen LogP contribution in [0.15, 0.2) is 42.5 Å². The van der Waals surface area contributed by atoms with E-state index in [1.54, 1.807) is 11.0 Å². The first-order valence-electron chi connectivity index (χ1n) is 8.90. The molecule has 1 aliphatic rings. The predicted octanol–water partition coefficient (Wildman–Crippen LogP) is 4.14. The highest BCUT2D eigenvalue weighted by Gasteiger charge is 2.25. The summed E-state index contributed by atoms with van der Waals surface area (Å²) in [5.41, 5.74) is 1.02. The lowest BCUT2D eigenvalue weighted by Crippen LogP contribution is -2.47. The number of amides is 1. The van der Waals surface area contributed by atoms with Gasteiger partial charge in [-0.15, -0.1) is 0 Å². The molecule has 156 valence electrons. The summed E-state index contributed by atoms with van der Waals surface area (Å²) in [6, 6.07) is 9.61. The fourth-order valence-electron chi connectivity index (χ4n) is 2.91. The van der Waals surface area contributed by atoms with Gasteiger partial charge in [-0.2, -0.15) is 8.78 Å². The number of hydrogen-bond donors (Lipinski definition) is 0. The third-order valence-electron chi connectivity index (χ3n) is 4.33. The van der Waals surface area contributed by atoms with Crippen molar-refractivity contribution in [2.45, 2.75) is 19.3 Å². The molecule has 29 heavy (non-hydrogen) atoms. The number of ether oxygens (including phenoxy) is 3. The van der Waals surface area contributed by atoms with Crippen molar-refractivity contribution in [3.8, 4) is 5.75 Å². The van der Waals surface area contributed by atoms with Gasteiger partial charge < -0.3 is 19.1 Å². The molecule has 1 atom stereocenters. The molecule has 0 bridgehead atoms. The second-order valence-corrected chi connectivity index (χ2v) is 6.80. The lowest BCUT2D eigenvalue weighted by atomic mass is 10.1. The molecule has 1 fully saturated rings. The first kappa shape index (κ1) is 21.4. The molecule has 0 N–H and O–H groups in total. The van der Waals surface area contributed by atoms with Crippen molar-refractivity contribution in [1.29, 1.82) is 0 Å². The Balaban J connectivity index is 1.51. The number of halogens is 4. The van der Waals surface area contributed by atoms with E-state index >= 15 is 0 Å². The summed E-state index contributed by atoms with van der Waals surface area (Å²) >= 11 is 5.97. The molecule has 0 radical (unpaired) electrons. The standard InChI is InChI=1S/C20H19ClF3NO4/c21-18-9-15(22)4-1-14(18)11-27-12-17-10-25(7-8-28-17)19(26)13-2-5-16(6-3-13)29-20(23)24/h1-6,9,17,20H,7-8,10-12H2. The highest BCUT2D eigenvalue weighted by Crippen LogP contribution is 2.19. The molecule has 5 nitrogen and oxygen atoms in total. The van der Waals surface area contributed by atoms with Gasteiger partial charge in [0.25, 0.3) is 5.91 Å². The summed E-state index contributed by atoms with van der Waals surface area (Å²) in [5, 5.41) is 0.283. The molecule has 0 saturated carbocycles. The van der Waals surface area contributed by atoms with Crippen molar-refractivity contribution in [3.05, 3.63) is 64.4 Å². The van der Waals surface area contributed by atoms with E-state index < -0.39 is 12.4 Å². The molecular formula is C20H19ClF3NO4. The Labute approximate surface area is 170 Å². The largest absolute Gasteiger partial charge is 0.435 e. The number of nitrogens with zero attached hydrogens (tertiary/aromatic N) is 1. The Kier molecular flexibility index (Phi) is 7.35. The van der Waals surface area contributed by atoms with Crippen molar-refractivity contribution in [2.24, 2.45) is 0 Å². The van der Waals surface area contributed by atoms with E-state index in [-0.39, 0.29) is 36.0 Å². The summed E-state index contributed by atoms with van der Waals surface area (Å²) in [6.07, 6.45) is -0.326. The SMILES string of the molecule is O=C(c1ccc(OC(F)F)cc1)N1CCOC(COCc2ccc(F)cc2Cl)C1. The van der Waals surface area contributed by atoms with Crippen LogP contribution in [-0.4, -0.2) is 49.8 Å². The van der Waals surface area contributed by atoms with Crippen LogP contribution in [0.3, 0.4) is 0 Å². The minimum absolute atomic E-state index is 0.00995. The van der Waals surface area contributed by atoms with Gasteiger partial charge in [-0.25, -0.2) is 4.39 Å². The number of benzene rings is 2. The van der Waals surface area contributed by atoms with Crippen LogP contribution < -0.4 is 4.74 Å². The van der Waals surface area contributed by atoms with E-state index in [2.05, 4.69) is 4.74 Å². The van der Waals surface area contributed by atoms with Crippen LogP contribution in [-0.2, 0) is 16.1 Å². The lowest BCUT2D eigenvalue weighted by Gasteiger charge is -2.33. The van der Waals surface area contributed by atoms with Crippen LogP contribution in [0.5, 0.6) is 5.75 Å². The Morgan fingerprint density at radius 1 is 1.24 bits per heavy atom. The van der Waals surface area contributed by atoms with Crippen molar-refractivity contribution < 1.29 is 32.2 Å². The van der Waals surface area contributed by atoms with Gasteiger partial charge in [0.05, 0.1) is 25.9 Å². The number of carbonyl (C=O) groups excluding carboxylic acids is 1. The Hall–Kier alpha value is -2.29. The third kappa shape index (κ3) is 6.09. The molecule has 1 aliphatic heterocycles. The summed E-state index contributed by atoms with van der Waals surface area (Å²) in [4.78, 5) is 14.3. The second-order valence-electron chi connectivity index (χ2n) is 6.40. The van der Waals surface area contributed by atoms with Crippen molar-refractivity contribution in [1.82, 2.24) is 4.90 Å². The van der Waals surface area contributed by atoms with Crippen LogP contribution >= 0.6 is 11.6 Å². The number of morpholine rings is 1. The van der Waals surface area contributed by atoms with Gasteiger partial charge in [-0.1, -0.05) is 17.7 Å². The molecule has 9 heteroatoms. The molecule has 2 aromatic rings. The van der Waals surface area contributed by atoms with E-state index in [1.165, 1.54) is 36.4 Å². The zero-order valence-corrected chi connectivity index (χ0v) is 16.1. The lowest BCUT2D eigenvalue weighted by molar-refractivity contribution is -0.0647. The maximum atomic E-state index is 13.1. The molecule has 3 rings (SSSR count). The molecule has 0 spiro atoms. The quantitative estimate of drug-likeness (QED) is 0.663. The fourth-order valence-corrected chi connectivity index (χ4v) is 3.13. The van der Waals surface area contributed by atoms with Crippen molar-refractivity contribution in [2.75, 3.05) is 26.3 Å². The molecule has 0 aliphatic carbocycles. The van der Waals surface area contributed by atoms with Crippen LogP contribution in [0.4, 0.5) is 13.2 Å². The fraction of sp³-hybridized carbons (Fsp3) is 0.350. The highest BCUT2D eigenvalue weighted by atomic mass is 35.5. The van der Waals surface area contributed by atoms with Crippen molar-refractivity contribution in [3.63, 3.8) is 0 Å². The molecule has 1 heterocycles. The highest BCUT2D eigenvalue weighted by molar-refractivity contribution is 6.31. The van der Waals surface area contributed by atoms with Crippen LogP contribution in [0, 0.1) is 5.82 Å². The average Bonchev–Trinajstić information content (AvgIpc) is 2.69. The maximum absolute atomic E-state index is 13.1. The summed E-state index contributed by atoms with van der Waals surface area (Å²) in [5.74, 6) is -0.662. The van der Waals surface area contributed by atoms with E-state index in [0.717, 1.165) is 0 Å². The van der Waals surface area contributed by atoms with Gasteiger partial charge >= 0.3 is 6.61 Å². The van der Waals surface area contributed by atoms with Gasteiger partial charge in [-0.3, -0.25) is 4.79 Å². The third-order valence-corrected chi connectivity index (χ3v) is 4.68. The summed E-state index contributed by atoms with van der Waals surface area (Å²) in [7, 11) is 0. The number of rotatable bonds is 7. The van der Waals surface area contributed by atoms with Gasteiger partial charge in [-0.05, 0) is 42.0 Å². The monoisotopic (exact) mass is 429 g/mol. The van der Waals surface area contributed by atoms with E-state index in [9.17, 15) is 18.0 Å². The zero-order chi connectivity index (χ0) is 20.8. The molecule has 1 amide bonds. The van der Waals surface area contributed by atoms with E-state index in [1.807, 2.05) is 0 Å². The van der Waals surface area contributed by atoms with Gasteiger partial charge in [0.15, 0.2) is 0 Å². The molecule has 1 saturated heterocycles. The average molecular weight is 430 g/mol. The second kappa shape index (κ2) is 9.96. The van der Waals surface area contributed by atoms with Crippen LogP contribution in [0.25, 0.3) is 0 Å². The molecule has 1 unspecified atom stereocenters. The van der Waals surface area contributed by atoms with Gasteiger partial charge in [0, 0.05) is 23.7 Å². The van der Waals surface area contributed by atoms with E-state index in [0.29, 0.717) is 30.8 Å². The van der Waals surface area contributed by atoms with Gasteiger partial charge in [0.1, 0.15) is 11.6 Å². The van der Waals surface area contributed by atoms with Crippen LogP contribution in [0.2, 0.25) is 5.02 Å². The first-order chi connectivity index (χ1) is 13.9. The van der Waals surface area contributed by atoms with Crippen LogP contribution in [0.1, 0.15) is 15.9 Å². The minimum Gasteiger partial charge on any atom is -0.435 e. The topological polar surface area (TPSA) is 48.0 Å². The number of hydrogen-bond acceptors (Lipinski definition) is 4.